The van der Waals surface area contributed by atoms with Crippen LogP contribution < -0.4 is 16.0 Å². The van der Waals surface area contributed by atoms with Gasteiger partial charge in [-0.2, -0.15) is 0 Å². The number of carboxylic acids is 1. The Kier molecular flexibility index (Phi) is 4.71. The second-order valence-electron chi connectivity index (χ2n) is 4.43. The van der Waals surface area contributed by atoms with Crippen molar-refractivity contribution in [2.45, 2.75) is 31.4 Å². The van der Waals surface area contributed by atoms with Gasteiger partial charge in [-0.25, -0.2) is 9.59 Å². The summed E-state index contributed by atoms with van der Waals surface area (Å²) in [4.78, 5) is 22.0. The molecule has 1 aliphatic heterocycles. The molecule has 0 spiro atoms. The lowest BCUT2D eigenvalue weighted by molar-refractivity contribution is -0.155. The van der Waals surface area contributed by atoms with E-state index in [-0.39, 0.29) is 12.6 Å². The lowest BCUT2D eigenvalue weighted by atomic mass is 10.1. The number of amides is 2. The molecule has 1 atom stereocenters. The van der Waals surface area contributed by atoms with Crippen LogP contribution in [0.3, 0.4) is 0 Å². The summed E-state index contributed by atoms with van der Waals surface area (Å²) in [5.74, 6) is -1.36. The van der Waals surface area contributed by atoms with E-state index in [1.165, 1.54) is 0 Å². The highest BCUT2D eigenvalue weighted by Gasteiger charge is 2.30. The van der Waals surface area contributed by atoms with Crippen LogP contribution in [-0.4, -0.2) is 53.5 Å². The first-order valence-corrected chi connectivity index (χ1v) is 5.62. The third-order valence-corrected chi connectivity index (χ3v) is 2.73. The predicted octanol–water partition coefficient (Wildman–Crippen LogP) is -1.13. The molecule has 1 rings (SSSR count). The maximum Gasteiger partial charge on any atom is 0.337 e. The molecule has 1 fully saturated rings. The first-order chi connectivity index (χ1) is 7.92. The fraction of sp³-hybridized carbons (Fsp3) is 0.800. The number of piperidine rings is 1. The van der Waals surface area contributed by atoms with Crippen molar-refractivity contribution in [2.24, 2.45) is 0 Å². The highest BCUT2D eigenvalue weighted by Crippen LogP contribution is 2.03. The van der Waals surface area contributed by atoms with Crippen LogP contribution in [0, 0.1) is 0 Å². The molecule has 5 N–H and O–H groups in total. The molecular formula is C10H19N3O4. The number of hydrogen-bond donors (Lipinski definition) is 5. The van der Waals surface area contributed by atoms with E-state index in [1.54, 1.807) is 0 Å². The molecule has 0 radical (unpaired) electrons. The zero-order valence-electron chi connectivity index (χ0n) is 9.82. The van der Waals surface area contributed by atoms with Crippen LogP contribution in [0.25, 0.3) is 0 Å². The zero-order valence-corrected chi connectivity index (χ0v) is 9.82. The largest absolute Gasteiger partial charge is 0.479 e. The van der Waals surface area contributed by atoms with Gasteiger partial charge in [0.1, 0.15) is 0 Å². The minimum Gasteiger partial charge on any atom is -0.479 e. The van der Waals surface area contributed by atoms with E-state index >= 15 is 0 Å². The second kappa shape index (κ2) is 5.83. The van der Waals surface area contributed by atoms with Crippen LogP contribution >= 0.6 is 0 Å². The van der Waals surface area contributed by atoms with E-state index in [1.807, 2.05) is 0 Å². The predicted molar refractivity (Wildman–Crippen MR) is 60.7 cm³/mol. The van der Waals surface area contributed by atoms with Crippen LogP contribution in [0.1, 0.15) is 19.8 Å². The molecule has 0 aliphatic carbocycles. The molecule has 1 saturated heterocycles. The average molecular weight is 245 g/mol. The van der Waals surface area contributed by atoms with Gasteiger partial charge in [0.2, 0.25) is 0 Å². The molecule has 2 amide bonds. The van der Waals surface area contributed by atoms with Crippen molar-refractivity contribution in [1.29, 1.82) is 0 Å². The van der Waals surface area contributed by atoms with E-state index in [0.29, 0.717) is 0 Å². The molecule has 0 bridgehead atoms. The van der Waals surface area contributed by atoms with Crippen molar-refractivity contribution in [3.8, 4) is 0 Å². The van der Waals surface area contributed by atoms with Gasteiger partial charge in [-0.1, -0.05) is 0 Å². The molecule has 7 heteroatoms. The molecular weight excluding hydrogens is 226 g/mol. The number of hydrogen-bond acceptors (Lipinski definition) is 4. The molecule has 7 nitrogen and oxygen atoms in total. The molecule has 17 heavy (non-hydrogen) atoms. The fourth-order valence-electron chi connectivity index (χ4n) is 1.53. The molecule has 0 aromatic rings. The Hall–Kier alpha value is -1.34. The van der Waals surface area contributed by atoms with Gasteiger partial charge >= 0.3 is 12.0 Å². The first kappa shape index (κ1) is 13.7. The Morgan fingerprint density at radius 1 is 1.41 bits per heavy atom. The summed E-state index contributed by atoms with van der Waals surface area (Å²) in [6.07, 6.45) is 1.70. The van der Waals surface area contributed by atoms with Crippen molar-refractivity contribution in [2.75, 3.05) is 19.6 Å². The van der Waals surface area contributed by atoms with E-state index in [0.717, 1.165) is 32.9 Å². The molecule has 1 heterocycles. The Labute approximate surface area is 99.6 Å². The highest BCUT2D eigenvalue weighted by atomic mass is 16.4. The van der Waals surface area contributed by atoms with Gasteiger partial charge in [-0.15, -0.1) is 0 Å². The van der Waals surface area contributed by atoms with Gasteiger partial charge in [-0.3, -0.25) is 0 Å². The summed E-state index contributed by atoms with van der Waals surface area (Å²) in [7, 11) is 0. The third kappa shape index (κ3) is 4.58. The normalized spacial score (nSPS) is 20.4. The van der Waals surface area contributed by atoms with Crippen LogP contribution in [0.2, 0.25) is 0 Å². The monoisotopic (exact) mass is 245 g/mol. The standard InChI is InChI=1S/C10H19N3O4/c1-10(17,8(14)15)6-12-9(16)13-7-2-4-11-5-3-7/h7,11,17H,2-6H2,1H3,(H,14,15)(H2,12,13,16). The van der Waals surface area contributed by atoms with Gasteiger partial charge < -0.3 is 26.2 Å². The maximum atomic E-state index is 11.4. The van der Waals surface area contributed by atoms with Gasteiger partial charge in [0.25, 0.3) is 0 Å². The molecule has 98 valence electrons. The van der Waals surface area contributed by atoms with Gasteiger partial charge in [0.15, 0.2) is 5.60 Å². The fourth-order valence-corrected chi connectivity index (χ4v) is 1.53. The summed E-state index contributed by atoms with van der Waals surface area (Å²) in [5, 5.41) is 26.3. The van der Waals surface area contributed by atoms with Crippen molar-refractivity contribution in [1.82, 2.24) is 16.0 Å². The SMILES string of the molecule is CC(O)(CNC(=O)NC1CCNCC1)C(=O)O. The Morgan fingerprint density at radius 3 is 2.53 bits per heavy atom. The Bertz CT molecular complexity index is 287. The first-order valence-electron chi connectivity index (χ1n) is 5.62. The molecule has 0 aromatic carbocycles. The molecule has 1 unspecified atom stereocenters. The van der Waals surface area contributed by atoms with Gasteiger partial charge in [-0.05, 0) is 32.9 Å². The maximum absolute atomic E-state index is 11.4. The molecule has 0 aromatic heterocycles. The number of carboxylic acid groups (broad SMARTS) is 1. The minimum atomic E-state index is -1.94. The number of carbonyl (C=O) groups is 2. The third-order valence-electron chi connectivity index (χ3n) is 2.73. The van der Waals surface area contributed by atoms with E-state index in [9.17, 15) is 14.7 Å². The lowest BCUT2D eigenvalue weighted by Crippen LogP contribution is -2.52. The molecule has 0 saturated carbocycles. The van der Waals surface area contributed by atoms with Crippen molar-refractivity contribution in [3.63, 3.8) is 0 Å². The van der Waals surface area contributed by atoms with Crippen LogP contribution in [0.4, 0.5) is 4.79 Å². The summed E-state index contributed by atoms with van der Waals surface area (Å²) >= 11 is 0. The van der Waals surface area contributed by atoms with E-state index in [2.05, 4.69) is 16.0 Å². The summed E-state index contributed by atoms with van der Waals surface area (Å²) in [6, 6.07) is -0.343. The smallest absolute Gasteiger partial charge is 0.337 e. The van der Waals surface area contributed by atoms with Gasteiger partial charge in [0, 0.05) is 6.04 Å². The number of aliphatic carboxylic acids is 1. The van der Waals surface area contributed by atoms with Crippen LogP contribution in [0.5, 0.6) is 0 Å². The topological polar surface area (TPSA) is 111 Å². The Morgan fingerprint density at radius 2 is 2.00 bits per heavy atom. The Balaban J connectivity index is 2.27. The van der Waals surface area contributed by atoms with Crippen molar-refractivity contribution >= 4 is 12.0 Å². The lowest BCUT2D eigenvalue weighted by Gasteiger charge is -2.25. The highest BCUT2D eigenvalue weighted by molar-refractivity contribution is 5.79. The zero-order chi connectivity index (χ0) is 12.9. The number of aliphatic hydroxyl groups is 1. The second-order valence-corrected chi connectivity index (χ2v) is 4.43. The van der Waals surface area contributed by atoms with Crippen LogP contribution in [-0.2, 0) is 4.79 Å². The number of urea groups is 1. The number of rotatable bonds is 4. The summed E-state index contributed by atoms with van der Waals surface area (Å²) in [6.45, 7) is 2.54. The van der Waals surface area contributed by atoms with Crippen LogP contribution in [0.15, 0.2) is 0 Å². The number of nitrogens with one attached hydrogen (secondary N) is 3. The van der Waals surface area contributed by atoms with Crippen molar-refractivity contribution < 1.29 is 19.8 Å². The summed E-state index contributed by atoms with van der Waals surface area (Å²) in [5.41, 5.74) is -1.94. The quantitative estimate of drug-likeness (QED) is 0.430. The van der Waals surface area contributed by atoms with Gasteiger partial charge in [0.05, 0.1) is 6.54 Å². The average Bonchev–Trinajstić information content (AvgIpc) is 2.28. The molecule has 1 aliphatic rings. The minimum absolute atomic E-state index is 0.103. The van der Waals surface area contributed by atoms with E-state index in [4.69, 9.17) is 5.11 Å². The van der Waals surface area contributed by atoms with Crippen molar-refractivity contribution in [3.05, 3.63) is 0 Å². The van der Waals surface area contributed by atoms with E-state index < -0.39 is 17.6 Å². The summed E-state index contributed by atoms with van der Waals surface area (Å²) < 4.78 is 0. The number of carbonyl (C=O) groups excluding carboxylic acids is 1.